The minimum Gasteiger partial charge on any atom is -0.494 e. The summed E-state index contributed by atoms with van der Waals surface area (Å²) in [6.07, 6.45) is 0.258. The van der Waals surface area contributed by atoms with Crippen LogP contribution in [0, 0.1) is 6.92 Å². The smallest absolute Gasteiger partial charge is 0.264 e. The summed E-state index contributed by atoms with van der Waals surface area (Å²) in [5, 5.41) is 2.97. The molecule has 45 heavy (non-hydrogen) atoms. The monoisotopic (exact) mass is 627 g/mol. The van der Waals surface area contributed by atoms with Crippen molar-refractivity contribution in [3.05, 3.63) is 126 Å². The van der Waals surface area contributed by atoms with Crippen LogP contribution in [0.2, 0.25) is 0 Å². The lowest BCUT2D eigenvalue weighted by Crippen LogP contribution is -2.54. The van der Waals surface area contributed by atoms with E-state index in [1.54, 1.807) is 36.4 Å². The number of nitrogens with zero attached hydrogens (tertiary/aromatic N) is 2. The van der Waals surface area contributed by atoms with E-state index in [2.05, 4.69) is 5.32 Å². The van der Waals surface area contributed by atoms with Gasteiger partial charge in [-0.2, -0.15) is 0 Å². The number of carbonyl (C=O) groups excluding carboxylic acids is 2. The summed E-state index contributed by atoms with van der Waals surface area (Å²) in [5.41, 5.74) is 2.98. The molecule has 1 N–H and O–H groups in total. The SMILES string of the molecule is CCOc1ccc(S(=O)(=O)N(CC(=O)N(Cc2ccccc2)[C@@H](Cc2ccccc2)C(=O)NC(C)C)c2ccc(C)cc2)cc1. The maximum Gasteiger partial charge on any atom is 0.264 e. The Morgan fingerprint density at radius 2 is 1.38 bits per heavy atom. The zero-order valence-electron chi connectivity index (χ0n) is 26.2. The van der Waals surface area contributed by atoms with Gasteiger partial charge in [-0.15, -0.1) is 0 Å². The van der Waals surface area contributed by atoms with Gasteiger partial charge in [-0.25, -0.2) is 8.42 Å². The maximum atomic E-state index is 14.5. The summed E-state index contributed by atoms with van der Waals surface area (Å²) in [4.78, 5) is 29.7. The van der Waals surface area contributed by atoms with Crippen LogP contribution >= 0.6 is 0 Å². The molecule has 236 valence electrons. The van der Waals surface area contributed by atoms with Crippen LogP contribution in [-0.4, -0.2) is 50.4 Å². The standard InChI is InChI=1S/C36H41N3O5S/c1-5-44-32-20-22-33(23-21-32)45(42,43)39(31-18-16-28(4)17-19-31)26-35(40)38(25-30-14-10-7-11-15-30)34(36(41)37-27(2)3)24-29-12-8-6-9-13-29/h6-23,27,34H,5,24-26H2,1-4H3,(H,37,41)/t34-/m0/s1. The number of amides is 2. The Labute approximate surface area is 266 Å². The van der Waals surface area contributed by atoms with Gasteiger partial charge in [-0.3, -0.25) is 13.9 Å². The second kappa shape index (κ2) is 15.4. The van der Waals surface area contributed by atoms with E-state index in [-0.39, 0.29) is 29.8 Å². The van der Waals surface area contributed by atoms with Crippen LogP contribution in [0.3, 0.4) is 0 Å². The molecular weight excluding hydrogens is 586 g/mol. The van der Waals surface area contributed by atoms with Gasteiger partial charge in [0.15, 0.2) is 0 Å². The number of hydrogen-bond donors (Lipinski definition) is 1. The zero-order chi connectivity index (χ0) is 32.4. The molecule has 2 amide bonds. The molecule has 0 aliphatic heterocycles. The normalized spacial score (nSPS) is 11.9. The topological polar surface area (TPSA) is 96.0 Å². The fourth-order valence-corrected chi connectivity index (χ4v) is 6.37. The largest absolute Gasteiger partial charge is 0.494 e. The van der Waals surface area contributed by atoms with Crippen LogP contribution in [0.25, 0.3) is 0 Å². The number of rotatable bonds is 14. The first-order valence-corrected chi connectivity index (χ1v) is 16.5. The number of carbonyl (C=O) groups is 2. The second-order valence-electron chi connectivity index (χ2n) is 11.1. The van der Waals surface area contributed by atoms with E-state index >= 15 is 0 Å². The summed E-state index contributed by atoms with van der Waals surface area (Å²) in [6.45, 7) is 7.54. The van der Waals surface area contributed by atoms with Crippen LogP contribution in [0.15, 0.2) is 114 Å². The Kier molecular flexibility index (Phi) is 11.4. The summed E-state index contributed by atoms with van der Waals surface area (Å²) in [5.74, 6) is -0.272. The van der Waals surface area contributed by atoms with Crippen molar-refractivity contribution in [3.8, 4) is 5.75 Å². The molecule has 9 heteroatoms. The lowest BCUT2D eigenvalue weighted by Gasteiger charge is -2.34. The predicted molar refractivity (Wildman–Crippen MR) is 178 cm³/mol. The first-order valence-electron chi connectivity index (χ1n) is 15.1. The van der Waals surface area contributed by atoms with E-state index in [1.165, 1.54) is 17.0 Å². The van der Waals surface area contributed by atoms with Crippen molar-refractivity contribution in [2.24, 2.45) is 0 Å². The summed E-state index contributed by atoms with van der Waals surface area (Å²) in [6, 6.07) is 30.9. The van der Waals surface area contributed by atoms with Gasteiger partial charge in [-0.05, 0) is 75.2 Å². The van der Waals surface area contributed by atoms with E-state index < -0.39 is 28.5 Å². The van der Waals surface area contributed by atoms with Crippen LogP contribution in [0.5, 0.6) is 5.75 Å². The number of nitrogens with one attached hydrogen (secondary N) is 1. The number of anilines is 1. The highest BCUT2D eigenvalue weighted by molar-refractivity contribution is 7.92. The van der Waals surface area contributed by atoms with Crippen LogP contribution in [0.4, 0.5) is 5.69 Å². The van der Waals surface area contributed by atoms with Crippen LogP contribution in [-0.2, 0) is 32.6 Å². The van der Waals surface area contributed by atoms with Crippen LogP contribution < -0.4 is 14.4 Å². The Balaban J connectivity index is 1.77. The molecule has 4 rings (SSSR count). The van der Waals surface area contributed by atoms with Crippen LogP contribution in [0.1, 0.15) is 37.5 Å². The van der Waals surface area contributed by atoms with Gasteiger partial charge in [0.05, 0.1) is 17.2 Å². The molecule has 8 nitrogen and oxygen atoms in total. The van der Waals surface area contributed by atoms with E-state index in [4.69, 9.17) is 4.74 Å². The number of hydrogen-bond acceptors (Lipinski definition) is 5. The van der Waals surface area contributed by atoms with Gasteiger partial charge >= 0.3 is 0 Å². The summed E-state index contributed by atoms with van der Waals surface area (Å²) >= 11 is 0. The quantitative estimate of drug-likeness (QED) is 0.192. The fraction of sp³-hybridized carbons (Fsp3) is 0.278. The van der Waals surface area contributed by atoms with Gasteiger partial charge in [0.2, 0.25) is 11.8 Å². The fourth-order valence-electron chi connectivity index (χ4n) is 4.96. The number of aryl methyl sites for hydroxylation is 1. The molecule has 0 aromatic heterocycles. The van der Waals surface area contributed by atoms with E-state index in [0.717, 1.165) is 21.0 Å². The van der Waals surface area contributed by atoms with Crippen molar-refractivity contribution in [2.45, 2.75) is 57.6 Å². The third kappa shape index (κ3) is 8.95. The zero-order valence-corrected chi connectivity index (χ0v) is 27.0. The highest BCUT2D eigenvalue weighted by atomic mass is 32.2. The highest BCUT2D eigenvalue weighted by Crippen LogP contribution is 2.27. The highest BCUT2D eigenvalue weighted by Gasteiger charge is 2.34. The van der Waals surface area contributed by atoms with Gasteiger partial charge in [0.1, 0.15) is 18.3 Å². The molecule has 4 aromatic carbocycles. The molecule has 0 saturated heterocycles. The molecule has 4 aromatic rings. The van der Waals surface area contributed by atoms with E-state index in [0.29, 0.717) is 18.0 Å². The summed E-state index contributed by atoms with van der Waals surface area (Å²) < 4.78 is 35.0. The molecule has 0 fully saturated rings. The minimum atomic E-state index is -4.19. The number of ether oxygens (including phenoxy) is 1. The Hall–Kier alpha value is -4.63. The number of sulfonamides is 1. The van der Waals surface area contributed by atoms with Gasteiger partial charge in [0, 0.05) is 19.0 Å². The minimum absolute atomic E-state index is 0.0207. The third-order valence-electron chi connectivity index (χ3n) is 7.22. The first kappa shape index (κ1) is 33.3. The van der Waals surface area contributed by atoms with Crippen molar-refractivity contribution < 1.29 is 22.7 Å². The van der Waals surface area contributed by atoms with Gasteiger partial charge < -0.3 is 15.0 Å². The molecule has 0 bridgehead atoms. The lowest BCUT2D eigenvalue weighted by atomic mass is 10.0. The van der Waals surface area contributed by atoms with Crippen molar-refractivity contribution in [2.75, 3.05) is 17.5 Å². The van der Waals surface area contributed by atoms with E-state index in [9.17, 15) is 18.0 Å². The first-order chi connectivity index (χ1) is 21.6. The average Bonchev–Trinajstić information content (AvgIpc) is 3.03. The Morgan fingerprint density at radius 3 is 1.93 bits per heavy atom. The number of benzene rings is 4. The molecule has 0 radical (unpaired) electrons. The van der Waals surface area contributed by atoms with Gasteiger partial charge in [0.25, 0.3) is 10.0 Å². The average molecular weight is 628 g/mol. The molecule has 0 aliphatic rings. The molecule has 0 heterocycles. The van der Waals surface area contributed by atoms with E-state index in [1.807, 2.05) is 88.4 Å². The summed E-state index contributed by atoms with van der Waals surface area (Å²) in [7, 11) is -4.19. The molecular formula is C36H41N3O5S. The molecule has 0 aliphatic carbocycles. The van der Waals surface area contributed by atoms with Crippen molar-refractivity contribution >= 4 is 27.5 Å². The molecule has 0 saturated carbocycles. The van der Waals surface area contributed by atoms with Crippen molar-refractivity contribution in [3.63, 3.8) is 0 Å². The predicted octanol–water partition coefficient (Wildman–Crippen LogP) is 5.75. The second-order valence-corrected chi connectivity index (χ2v) is 13.0. The van der Waals surface area contributed by atoms with Gasteiger partial charge in [-0.1, -0.05) is 78.4 Å². The van der Waals surface area contributed by atoms with Crippen molar-refractivity contribution in [1.29, 1.82) is 0 Å². The maximum absolute atomic E-state index is 14.5. The Bertz CT molecular complexity index is 1640. The molecule has 0 unspecified atom stereocenters. The van der Waals surface area contributed by atoms with Crippen molar-refractivity contribution in [1.82, 2.24) is 10.2 Å². The molecule has 0 spiro atoms. The Morgan fingerprint density at radius 1 is 0.800 bits per heavy atom. The lowest BCUT2D eigenvalue weighted by molar-refractivity contribution is -0.140. The third-order valence-corrected chi connectivity index (χ3v) is 9.01. The molecule has 1 atom stereocenters.